The van der Waals surface area contributed by atoms with Crippen molar-refractivity contribution in [3.05, 3.63) is 86.3 Å². The molecule has 0 N–H and O–H groups in total. The molecule has 0 unspecified atom stereocenters. The Morgan fingerprint density at radius 1 is 0.960 bits per heavy atom. The molecule has 0 saturated carbocycles. The Morgan fingerprint density at radius 3 is 2.24 bits per heavy atom. The van der Waals surface area contributed by atoms with Crippen LogP contribution in [0.5, 0.6) is 0 Å². The zero-order valence-corrected chi connectivity index (χ0v) is 15.6. The molecule has 0 atom stereocenters. The van der Waals surface area contributed by atoms with Crippen LogP contribution in [0.4, 0.5) is 0 Å². The van der Waals surface area contributed by atoms with E-state index in [1.807, 2.05) is 0 Å². The highest BCUT2D eigenvalue weighted by atomic mass is 35.5. The number of benzene rings is 2. The Morgan fingerprint density at radius 2 is 1.64 bits per heavy atom. The standard InChI is InChI=1S/C18H10Cl4N2O/c19-13-4-1-11(2-5-13)18(25)16(24-9-17(22)23-10-24)7-12-3-6-14(20)8-15(12)21/h1-10H/b16-7+. The Balaban J connectivity index is 2.11. The minimum atomic E-state index is -0.225. The van der Waals surface area contributed by atoms with Crippen molar-refractivity contribution in [3.63, 3.8) is 0 Å². The molecule has 2 aromatic carbocycles. The Bertz CT molecular complexity index is 961. The fraction of sp³-hybridized carbons (Fsp3) is 0. The Hall–Kier alpha value is -1.78. The minimum Gasteiger partial charge on any atom is -0.301 e. The second-order valence-electron chi connectivity index (χ2n) is 5.14. The van der Waals surface area contributed by atoms with Gasteiger partial charge in [0.2, 0.25) is 5.78 Å². The van der Waals surface area contributed by atoms with Crippen LogP contribution in [0, 0.1) is 0 Å². The van der Waals surface area contributed by atoms with Gasteiger partial charge in [-0.2, -0.15) is 0 Å². The van der Waals surface area contributed by atoms with E-state index in [2.05, 4.69) is 4.98 Å². The van der Waals surface area contributed by atoms with Crippen LogP contribution in [0.2, 0.25) is 20.2 Å². The molecule has 0 radical (unpaired) electrons. The van der Waals surface area contributed by atoms with E-state index in [9.17, 15) is 4.79 Å². The number of halogens is 4. The van der Waals surface area contributed by atoms with Gasteiger partial charge < -0.3 is 4.57 Å². The summed E-state index contributed by atoms with van der Waals surface area (Å²) in [4.78, 5) is 16.9. The van der Waals surface area contributed by atoms with Crippen molar-refractivity contribution in [3.8, 4) is 0 Å². The lowest BCUT2D eigenvalue weighted by molar-refractivity contribution is 0.105. The maximum atomic E-state index is 13.0. The van der Waals surface area contributed by atoms with Gasteiger partial charge in [0.25, 0.3) is 0 Å². The number of hydrogen-bond donors (Lipinski definition) is 0. The van der Waals surface area contributed by atoms with Crippen molar-refractivity contribution in [2.75, 3.05) is 0 Å². The first-order valence-electron chi connectivity index (χ1n) is 7.11. The zero-order valence-electron chi connectivity index (χ0n) is 12.6. The molecule has 25 heavy (non-hydrogen) atoms. The van der Waals surface area contributed by atoms with E-state index >= 15 is 0 Å². The highest BCUT2D eigenvalue weighted by Gasteiger charge is 2.16. The lowest BCUT2D eigenvalue weighted by Gasteiger charge is -2.09. The van der Waals surface area contributed by atoms with Crippen molar-refractivity contribution in [1.82, 2.24) is 9.55 Å². The van der Waals surface area contributed by atoms with Crippen LogP contribution < -0.4 is 0 Å². The molecule has 3 nitrogen and oxygen atoms in total. The number of allylic oxidation sites excluding steroid dienone is 1. The number of nitrogens with zero attached hydrogens (tertiary/aromatic N) is 2. The summed E-state index contributed by atoms with van der Waals surface area (Å²) in [6, 6.07) is 11.7. The number of hydrogen-bond acceptors (Lipinski definition) is 2. The third kappa shape index (κ3) is 4.25. The van der Waals surface area contributed by atoms with Crippen LogP contribution >= 0.6 is 46.4 Å². The molecule has 0 bridgehead atoms. The third-order valence-corrected chi connectivity index (χ3v) is 4.43. The molecule has 1 aromatic heterocycles. The molecular formula is C18H10Cl4N2O. The average Bonchev–Trinajstić information content (AvgIpc) is 3.00. The average molecular weight is 412 g/mol. The summed E-state index contributed by atoms with van der Waals surface area (Å²) in [7, 11) is 0. The summed E-state index contributed by atoms with van der Waals surface area (Å²) in [6.07, 6.45) is 4.67. The van der Waals surface area contributed by atoms with Crippen molar-refractivity contribution >= 4 is 64.0 Å². The number of carbonyl (C=O) groups is 1. The lowest BCUT2D eigenvalue weighted by atomic mass is 10.1. The molecule has 7 heteroatoms. The molecule has 0 aliphatic carbocycles. The van der Waals surface area contributed by atoms with Gasteiger partial charge >= 0.3 is 0 Å². The molecule has 126 valence electrons. The minimum absolute atomic E-state index is 0.225. The van der Waals surface area contributed by atoms with Gasteiger partial charge in [-0.05, 0) is 48.0 Å². The maximum absolute atomic E-state index is 13.0. The van der Waals surface area contributed by atoms with Crippen LogP contribution in [0.1, 0.15) is 15.9 Å². The molecule has 1 heterocycles. The van der Waals surface area contributed by atoms with Gasteiger partial charge in [-0.3, -0.25) is 4.79 Å². The summed E-state index contributed by atoms with van der Waals surface area (Å²) in [5.41, 5.74) is 1.46. The first-order valence-corrected chi connectivity index (χ1v) is 8.62. The van der Waals surface area contributed by atoms with Crippen LogP contribution in [0.15, 0.2) is 55.0 Å². The number of Topliss-reactive ketones (excluding diaryl/α,β-unsaturated/α-hetero) is 1. The molecule has 3 rings (SSSR count). The van der Waals surface area contributed by atoms with Gasteiger partial charge in [0, 0.05) is 26.8 Å². The molecule has 0 spiro atoms. The van der Waals surface area contributed by atoms with E-state index in [0.29, 0.717) is 31.9 Å². The molecule has 0 amide bonds. The number of carbonyl (C=O) groups excluding carboxylic acids is 1. The predicted molar refractivity (Wildman–Crippen MR) is 104 cm³/mol. The van der Waals surface area contributed by atoms with Gasteiger partial charge in [0.1, 0.15) is 11.5 Å². The molecule has 3 aromatic rings. The molecule has 0 aliphatic rings. The van der Waals surface area contributed by atoms with Gasteiger partial charge in [-0.15, -0.1) is 0 Å². The maximum Gasteiger partial charge on any atom is 0.209 e. The summed E-state index contributed by atoms with van der Waals surface area (Å²) in [5.74, 6) is -0.225. The third-order valence-electron chi connectivity index (χ3n) is 3.42. The summed E-state index contributed by atoms with van der Waals surface area (Å²) in [5, 5.41) is 1.77. The number of imidazole rings is 1. The van der Waals surface area contributed by atoms with E-state index < -0.39 is 0 Å². The van der Waals surface area contributed by atoms with Gasteiger partial charge in [0.15, 0.2) is 0 Å². The monoisotopic (exact) mass is 410 g/mol. The highest BCUT2D eigenvalue weighted by Crippen LogP contribution is 2.26. The summed E-state index contributed by atoms with van der Waals surface area (Å²) in [6.45, 7) is 0. The zero-order chi connectivity index (χ0) is 18.0. The van der Waals surface area contributed by atoms with Crippen molar-refractivity contribution in [2.24, 2.45) is 0 Å². The summed E-state index contributed by atoms with van der Waals surface area (Å²) < 4.78 is 1.55. The molecular weight excluding hydrogens is 402 g/mol. The summed E-state index contributed by atoms with van der Waals surface area (Å²) >= 11 is 24.0. The molecule has 0 saturated heterocycles. The molecule has 0 fully saturated rings. The number of aromatic nitrogens is 2. The van der Waals surface area contributed by atoms with Crippen molar-refractivity contribution < 1.29 is 4.79 Å². The number of rotatable bonds is 4. The largest absolute Gasteiger partial charge is 0.301 e. The predicted octanol–water partition coefficient (Wildman–Crippen LogP) is 6.38. The van der Waals surface area contributed by atoms with Crippen LogP contribution in [-0.2, 0) is 0 Å². The Labute approximate surface area is 164 Å². The van der Waals surface area contributed by atoms with Gasteiger partial charge in [-0.25, -0.2) is 4.98 Å². The smallest absolute Gasteiger partial charge is 0.209 e. The van der Waals surface area contributed by atoms with E-state index in [-0.39, 0.29) is 10.9 Å². The molecule has 0 aliphatic heterocycles. The van der Waals surface area contributed by atoms with Gasteiger partial charge in [0.05, 0.1) is 5.70 Å². The van der Waals surface area contributed by atoms with Crippen molar-refractivity contribution in [2.45, 2.75) is 0 Å². The normalized spacial score (nSPS) is 11.6. The van der Waals surface area contributed by atoms with Crippen LogP contribution in [0.3, 0.4) is 0 Å². The van der Waals surface area contributed by atoms with E-state index in [4.69, 9.17) is 46.4 Å². The second kappa shape index (κ2) is 7.63. The van der Waals surface area contributed by atoms with E-state index in [1.165, 1.54) is 6.33 Å². The van der Waals surface area contributed by atoms with Gasteiger partial charge in [-0.1, -0.05) is 52.5 Å². The fourth-order valence-corrected chi connectivity index (χ4v) is 2.94. The van der Waals surface area contributed by atoms with Crippen LogP contribution in [0.25, 0.3) is 11.8 Å². The van der Waals surface area contributed by atoms with Crippen molar-refractivity contribution in [1.29, 1.82) is 0 Å². The fourth-order valence-electron chi connectivity index (χ4n) is 2.20. The second-order valence-corrected chi connectivity index (χ2v) is 6.80. The first-order chi connectivity index (χ1) is 11.9. The topological polar surface area (TPSA) is 34.9 Å². The Kier molecular flexibility index (Phi) is 5.50. The lowest BCUT2D eigenvalue weighted by Crippen LogP contribution is -2.08. The highest BCUT2D eigenvalue weighted by molar-refractivity contribution is 6.36. The van der Waals surface area contributed by atoms with E-state index in [0.717, 1.165) is 0 Å². The van der Waals surface area contributed by atoms with Crippen LogP contribution in [-0.4, -0.2) is 15.3 Å². The quantitative estimate of drug-likeness (QED) is 0.368. The SMILES string of the molecule is O=C(/C(=C\c1ccc(Cl)cc1Cl)n1cnc(Cl)c1)c1ccc(Cl)cc1. The number of ketones is 1. The van der Waals surface area contributed by atoms with E-state index in [1.54, 1.807) is 59.3 Å². The first kappa shape index (κ1) is 18.0.